The molecule has 0 bridgehead atoms. The number of carbonyl (C=O) groups is 2. The minimum Gasteiger partial charge on any atom is -0.494 e. The van der Waals surface area contributed by atoms with Gasteiger partial charge in [0.25, 0.3) is 5.91 Å². The highest BCUT2D eigenvalue weighted by Crippen LogP contribution is 2.34. The average Bonchev–Trinajstić information content (AvgIpc) is 3.56. The van der Waals surface area contributed by atoms with Gasteiger partial charge in [-0.2, -0.15) is 0 Å². The third-order valence-electron chi connectivity index (χ3n) is 7.36. The molecule has 238 valence electrons. The maximum atomic E-state index is 13.0. The van der Waals surface area contributed by atoms with Gasteiger partial charge < -0.3 is 40.2 Å². The van der Waals surface area contributed by atoms with Crippen LogP contribution in [-0.4, -0.2) is 78.7 Å². The second kappa shape index (κ2) is 13.9. The Morgan fingerprint density at radius 2 is 1.76 bits per heavy atom. The van der Waals surface area contributed by atoms with Gasteiger partial charge in [0.05, 0.1) is 25.0 Å². The number of amides is 2. The van der Waals surface area contributed by atoms with Crippen molar-refractivity contribution in [3.05, 3.63) is 78.4 Å². The molecule has 0 radical (unpaired) electrons. The third kappa shape index (κ3) is 8.05. The van der Waals surface area contributed by atoms with Gasteiger partial charge in [-0.25, -0.2) is 19.7 Å². The van der Waals surface area contributed by atoms with Crippen LogP contribution in [0, 0.1) is 0 Å². The van der Waals surface area contributed by atoms with Crippen molar-refractivity contribution in [3.8, 4) is 5.75 Å². The Labute approximate surface area is 261 Å². The molecule has 4 aromatic rings. The van der Waals surface area contributed by atoms with Crippen LogP contribution in [0.4, 0.5) is 10.6 Å². The number of hydrogen-bond acceptors (Lipinski definition) is 10. The number of hydrogen-bond donors (Lipinski definition) is 5. The molecule has 5 rings (SSSR count). The number of fused-ring (bicyclic) bond motifs is 1. The summed E-state index contributed by atoms with van der Waals surface area (Å²) in [4.78, 5) is 37.9. The fourth-order valence-electron chi connectivity index (χ4n) is 5.15. The van der Waals surface area contributed by atoms with E-state index in [1.54, 1.807) is 55.9 Å². The Morgan fingerprint density at radius 3 is 2.49 bits per heavy atom. The minimum absolute atomic E-state index is 0.273. The van der Waals surface area contributed by atoms with E-state index in [2.05, 4.69) is 30.9 Å². The van der Waals surface area contributed by atoms with E-state index >= 15 is 0 Å². The Bertz CT molecular complexity index is 1590. The van der Waals surface area contributed by atoms with E-state index in [9.17, 15) is 19.8 Å². The quantitative estimate of drug-likeness (QED) is 0.157. The second-order valence-corrected chi connectivity index (χ2v) is 11.9. The lowest BCUT2D eigenvalue weighted by Crippen LogP contribution is -2.43. The van der Waals surface area contributed by atoms with E-state index in [-0.39, 0.29) is 12.3 Å². The standard InChI is InChI=1S/C32H39N7O6/c1-32(2,3)45-31(43)33-14-7-15-44-22-12-10-21(11-13-22)30(42)38-23-16-24(27(41)26(23)40)39-19-37-25-28(35-18-36-29(25)39)34-17-20-8-5-4-6-9-20/h4-6,8-13,18-19,23-24,26-27,40-41H,7,14-17H2,1-3H3,(H,33,43)(H,38,42)(H,34,35,36)/t23-,24+,26-,27+/m0/s1. The Morgan fingerprint density at radius 1 is 1.00 bits per heavy atom. The van der Waals surface area contributed by atoms with Gasteiger partial charge in [0.15, 0.2) is 11.5 Å². The third-order valence-corrected chi connectivity index (χ3v) is 7.36. The highest BCUT2D eigenvalue weighted by molar-refractivity contribution is 5.94. The van der Waals surface area contributed by atoms with Crippen LogP contribution < -0.4 is 20.7 Å². The molecule has 0 aliphatic heterocycles. The molecule has 45 heavy (non-hydrogen) atoms. The topological polar surface area (TPSA) is 173 Å². The lowest BCUT2D eigenvalue weighted by molar-refractivity contribution is 0.0143. The summed E-state index contributed by atoms with van der Waals surface area (Å²) in [6.07, 6.45) is 1.04. The van der Waals surface area contributed by atoms with Gasteiger partial charge in [-0.1, -0.05) is 30.3 Å². The number of nitrogens with zero attached hydrogens (tertiary/aromatic N) is 4. The van der Waals surface area contributed by atoms with Gasteiger partial charge in [-0.3, -0.25) is 4.79 Å². The largest absolute Gasteiger partial charge is 0.494 e. The lowest BCUT2D eigenvalue weighted by Gasteiger charge is -2.19. The van der Waals surface area contributed by atoms with Crippen molar-refractivity contribution >= 4 is 29.0 Å². The van der Waals surface area contributed by atoms with Gasteiger partial charge in [0.1, 0.15) is 35.4 Å². The number of nitrogens with one attached hydrogen (secondary N) is 3. The van der Waals surface area contributed by atoms with Gasteiger partial charge in [-0.05, 0) is 63.4 Å². The molecular formula is C32H39N7O6. The molecule has 1 aliphatic rings. The monoisotopic (exact) mass is 617 g/mol. The number of aromatic nitrogens is 4. The van der Waals surface area contributed by atoms with Crippen LogP contribution in [0.1, 0.15) is 55.6 Å². The lowest BCUT2D eigenvalue weighted by atomic mass is 10.1. The van der Waals surface area contributed by atoms with E-state index in [0.717, 1.165) is 5.56 Å². The summed E-state index contributed by atoms with van der Waals surface area (Å²) in [5, 5.41) is 30.6. The fourth-order valence-corrected chi connectivity index (χ4v) is 5.15. The summed E-state index contributed by atoms with van der Waals surface area (Å²) >= 11 is 0. The normalized spacial score (nSPS) is 19.7. The summed E-state index contributed by atoms with van der Waals surface area (Å²) in [5.74, 6) is 0.752. The molecular weight excluding hydrogens is 578 g/mol. The summed E-state index contributed by atoms with van der Waals surface area (Å²) in [5.41, 5.74) is 1.98. The molecule has 2 aromatic carbocycles. The SMILES string of the molecule is CC(C)(C)OC(=O)NCCCOc1ccc(C(=O)N[C@H]2C[C@@H](n3cnc4c(NCc5ccccc5)ncnc43)[C@@H](O)[C@H]2O)cc1. The fraction of sp³-hybridized carbons (Fsp3) is 0.406. The zero-order chi connectivity index (χ0) is 32.0. The predicted molar refractivity (Wildman–Crippen MR) is 167 cm³/mol. The zero-order valence-corrected chi connectivity index (χ0v) is 25.5. The number of carbonyl (C=O) groups excluding carboxylic acids is 2. The van der Waals surface area contributed by atoms with Gasteiger partial charge >= 0.3 is 6.09 Å². The highest BCUT2D eigenvalue weighted by atomic mass is 16.6. The van der Waals surface area contributed by atoms with Crippen molar-refractivity contribution in [3.63, 3.8) is 0 Å². The van der Waals surface area contributed by atoms with E-state index in [1.165, 1.54) is 6.33 Å². The molecule has 0 spiro atoms. The van der Waals surface area contributed by atoms with Crippen molar-refractivity contribution in [1.82, 2.24) is 30.2 Å². The Kier molecular flexibility index (Phi) is 9.79. The van der Waals surface area contributed by atoms with Crippen molar-refractivity contribution in [2.45, 2.75) is 70.1 Å². The van der Waals surface area contributed by atoms with E-state index in [1.807, 2.05) is 30.3 Å². The highest BCUT2D eigenvalue weighted by Gasteiger charge is 2.44. The number of benzene rings is 2. The molecule has 13 heteroatoms. The number of anilines is 1. The molecule has 1 saturated carbocycles. The van der Waals surface area contributed by atoms with Crippen LogP contribution >= 0.6 is 0 Å². The molecule has 2 aromatic heterocycles. The molecule has 4 atom stereocenters. The maximum absolute atomic E-state index is 13.0. The first-order valence-electron chi connectivity index (χ1n) is 14.9. The Hall–Kier alpha value is -4.75. The maximum Gasteiger partial charge on any atom is 0.407 e. The molecule has 1 aliphatic carbocycles. The molecule has 5 N–H and O–H groups in total. The number of ether oxygens (including phenoxy) is 2. The smallest absolute Gasteiger partial charge is 0.407 e. The summed E-state index contributed by atoms with van der Waals surface area (Å²) in [6.45, 7) is 6.73. The predicted octanol–water partition coefficient (Wildman–Crippen LogP) is 3.20. The van der Waals surface area contributed by atoms with Crippen molar-refractivity contribution in [2.24, 2.45) is 0 Å². The van der Waals surface area contributed by atoms with Gasteiger partial charge in [0.2, 0.25) is 0 Å². The summed E-state index contributed by atoms with van der Waals surface area (Å²) in [7, 11) is 0. The van der Waals surface area contributed by atoms with Crippen LogP contribution in [0.3, 0.4) is 0 Å². The van der Waals surface area contributed by atoms with E-state index in [4.69, 9.17) is 9.47 Å². The van der Waals surface area contributed by atoms with E-state index < -0.39 is 36.0 Å². The molecule has 0 saturated heterocycles. The Balaban J connectivity index is 1.14. The van der Waals surface area contributed by atoms with Crippen LogP contribution in [0.25, 0.3) is 11.2 Å². The van der Waals surface area contributed by atoms with Crippen LogP contribution in [0.5, 0.6) is 5.75 Å². The number of imidazole rings is 1. The first-order chi connectivity index (χ1) is 21.6. The minimum atomic E-state index is -1.19. The van der Waals surface area contributed by atoms with Gasteiger partial charge in [-0.15, -0.1) is 0 Å². The number of aliphatic hydroxyl groups is 2. The average molecular weight is 618 g/mol. The summed E-state index contributed by atoms with van der Waals surface area (Å²) < 4.78 is 12.6. The zero-order valence-electron chi connectivity index (χ0n) is 25.5. The first kappa shape index (κ1) is 31.7. The van der Waals surface area contributed by atoms with Crippen LogP contribution in [0.2, 0.25) is 0 Å². The van der Waals surface area contributed by atoms with Crippen molar-refractivity contribution < 1.29 is 29.3 Å². The molecule has 2 amide bonds. The number of aliphatic hydroxyl groups excluding tert-OH is 2. The molecule has 1 fully saturated rings. The number of alkyl carbamates (subject to hydrolysis) is 1. The number of rotatable bonds is 11. The van der Waals surface area contributed by atoms with Gasteiger partial charge in [0, 0.05) is 18.7 Å². The van der Waals surface area contributed by atoms with Crippen LogP contribution in [-0.2, 0) is 11.3 Å². The van der Waals surface area contributed by atoms with Crippen molar-refractivity contribution in [2.75, 3.05) is 18.5 Å². The molecule has 0 unspecified atom stereocenters. The van der Waals surface area contributed by atoms with E-state index in [0.29, 0.717) is 54.4 Å². The summed E-state index contributed by atoms with van der Waals surface area (Å²) in [6, 6.07) is 15.3. The molecule has 2 heterocycles. The van der Waals surface area contributed by atoms with Crippen molar-refractivity contribution in [1.29, 1.82) is 0 Å². The van der Waals surface area contributed by atoms with Crippen LogP contribution in [0.15, 0.2) is 67.3 Å². The second-order valence-electron chi connectivity index (χ2n) is 11.9. The molecule has 13 nitrogen and oxygen atoms in total. The first-order valence-corrected chi connectivity index (χ1v) is 14.9.